The van der Waals surface area contributed by atoms with E-state index in [-0.39, 0.29) is 23.7 Å². The minimum atomic E-state index is -0.621. The summed E-state index contributed by atoms with van der Waals surface area (Å²) >= 11 is 6.50. The van der Waals surface area contributed by atoms with Gasteiger partial charge in [0.25, 0.3) is 5.91 Å². The molecular weight excluding hydrogens is 430 g/mol. The second-order valence-corrected chi connectivity index (χ2v) is 9.63. The molecule has 0 bridgehead atoms. The topological polar surface area (TPSA) is 104 Å². The van der Waals surface area contributed by atoms with Crippen LogP contribution in [-0.4, -0.2) is 33.5 Å². The first-order valence-electron chi connectivity index (χ1n) is 10.8. The van der Waals surface area contributed by atoms with E-state index in [1.807, 2.05) is 33.8 Å². The second-order valence-electron chi connectivity index (χ2n) is 9.23. The van der Waals surface area contributed by atoms with Gasteiger partial charge in [-0.3, -0.25) is 14.6 Å². The van der Waals surface area contributed by atoms with Gasteiger partial charge in [0.2, 0.25) is 0 Å². The number of aryl methyl sites for hydroxylation is 2. The zero-order valence-electron chi connectivity index (χ0n) is 19.2. The molecule has 0 unspecified atom stereocenters. The molecule has 7 nitrogen and oxygen atoms in total. The fourth-order valence-corrected chi connectivity index (χ4v) is 4.09. The lowest BCUT2D eigenvalue weighted by molar-refractivity contribution is -0.161. The van der Waals surface area contributed by atoms with Gasteiger partial charge < -0.3 is 15.2 Å². The number of rotatable bonds is 5. The van der Waals surface area contributed by atoms with Gasteiger partial charge in [-0.25, -0.2) is 4.98 Å². The van der Waals surface area contributed by atoms with Crippen LogP contribution >= 0.6 is 11.6 Å². The van der Waals surface area contributed by atoms with Crippen molar-refractivity contribution in [2.45, 2.75) is 72.0 Å². The van der Waals surface area contributed by atoms with E-state index >= 15 is 0 Å². The van der Waals surface area contributed by atoms with Crippen LogP contribution in [0.25, 0.3) is 11.3 Å². The number of nitrogens with zero attached hydrogens (tertiary/aromatic N) is 2. The second kappa shape index (κ2) is 9.45. The van der Waals surface area contributed by atoms with Crippen LogP contribution in [0.3, 0.4) is 0 Å². The minimum absolute atomic E-state index is 0.0144. The number of aromatic nitrogens is 2. The molecule has 2 aromatic rings. The Bertz CT molecular complexity index is 1020. The number of esters is 1. The summed E-state index contributed by atoms with van der Waals surface area (Å²) in [4.78, 5) is 32.7. The predicted molar refractivity (Wildman–Crippen MR) is 123 cm³/mol. The number of benzene rings is 1. The predicted octanol–water partition coefficient (Wildman–Crippen LogP) is 4.79. The normalized spacial score (nSPS) is 18.8. The maximum atomic E-state index is 12.3. The molecule has 3 rings (SSSR count). The molecule has 172 valence electrons. The van der Waals surface area contributed by atoms with E-state index in [9.17, 15) is 9.59 Å². The molecule has 1 aromatic carbocycles. The van der Waals surface area contributed by atoms with Gasteiger partial charge in [-0.2, -0.15) is 0 Å². The number of carbonyl (C=O) groups is 2. The number of hydrogen-bond acceptors (Lipinski definition) is 6. The lowest BCUT2D eigenvalue weighted by Crippen LogP contribution is -2.33. The lowest BCUT2D eigenvalue weighted by Gasteiger charge is -2.30. The highest BCUT2D eigenvalue weighted by Crippen LogP contribution is 2.35. The van der Waals surface area contributed by atoms with E-state index in [0.717, 1.165) is 31.2 Å². The minimum Gasteiger partial charge on any atom is -0.489 e. The molecular formula is C24H30ClN3O4. The van der Waals surface area contributed by atoms with Gasteiger partial charge in [0.05, 0.1) is 34.1 Å². The summed E-state index contributed by atoms with van der Waals surface area (Å²) in [5, 5.41) is 0.444. The maximum absolute atomic E-state index is 12.3. The van der Waals surface area contributed by atoms with E-state index in [1.165, 1.54) is 0 Å². The van der Waals surface area contributed by atoms with Crippen molar-refractivity contribution < 1.29 is 19.1 Å². The average Bonchev–Trinajstić information content (AvgIpc) is 2.68. The summed E-state index contributed by atoms with van der Waals surface area (Å²) in [5.41, 5.74) is 7.53. The van der Waals surface area contributed by atoms with Crippen molar-refractivity contribution >= 4 is 23.5 Å². The standard InChI is InChI=1S/C24H30ClN3O4/c1-13-20(28-21(22(26)29)14(2)27-13)16-8-11-19(18(25)12-16)31-17-9-6-15(7-10-17)23(30)32-24(3,4)5/h8,11-12,15,17H,6-7,9-10H2,1-5H3,(H2,26,29)/t15-,17-. The molecule has 0 saturated heterocycles. The highest BCUT2D eigenvalue weighted by molar-refractivity contribution is 6.32. The molecule has 8 heteroatoms. The lowest BCUT2D eigenvalue weighted by atomic mass is 9.87. The summed E-state index contributed by atoms with van der Waals surface area (Å²) in [6.45, 7) is 9.16. The quantitative estimate of drug-likeness (QED) is 0.644. The van der Waals surface area contributed by atoms with Gasteiger partial charge in [-0.1, -0.05) is 11.6 Å². The van der Waals surface area contributed by atoms with Crippen LogP contribution in [0.15, 0.2) is 18.2 Å². The van der Waals surface area contributed by atoms with E-state index in [4.69, 9.17) is 26.8 Å². The Morgan fingerprint density at radius 2 is 1.72 bits per heavy atom. The van der Waals surface area contributed by atoms with Crippen LogP contribution in [0.5, 0.6) is 5.75 Å². The molecule has 1 fully saturated rings. The van der Waals surface area contributed by atoms with E-state index in [0.29, 0.717) is 27.9 Å². The van der Waals surface area contributed by atoms with Crippen LogP contribution < -0.4 is 10.5 Å². The first-order chi connectivity index (χ1) is 14.9. The summed E-state index contributed by atoms with van der Waals surface area (Å²) in [5.74, 6) is -0.272. The van der Waals surface area contributed by atoms with Gasteiger partial charge in [-0.05, 0) is 78.5 Å². The van der Waals surface area contributed by atoms with Crippen LogP contribution in [0.2, 0.25) is 5.02 Å². The van der Waals surface area contributed by atoms with Crippen molar-refractivity contribution in [3.05, 3.63) is 40.3 Å². The molecule has 1 saturated carbocycles. The Balaban J connectivity index is 1.68. The number of ether oxygens (including phenoxy) is 2. The smallest absolute Gasteiger partial charge is 0.309 e. The van der Waals surface area contributed by atoms with Crippen LogP contribution in [0.1, 0.15) is 68.3 Å². The zero-order chi connectivity index (χ0) is 23.6. The maximum Gasteiger partial charge on any atom is 0.309 e. The van der Waals surface area contributed by atoms with Crippen molar-refractivity contribution in [2.75, 3.05) is 0 Å². The largest absolute Gasteiger partial charge is 0.489 e. The molecule has 0 spiro atoms. The molecule has 1 heterocycles. The summed E-state index contributed by atoms with van der Waals surface area (Å²) < 4.78 is 11.6. The number of primary amides is 1. The fourth-order valence-electron chi connectivity index (χ4n) is 3.86. The Morgan fingerprint density at radius 1 is 1.06 bits per heavy atom. The third-order valence-corrected chi connectivity index (χ3v) is 5.69. The first kappa shape index (κ1) is 24.0. The van der Waals surface area contributed by atoms with Gasteiger partial charge in [0.1, 0.15) is 17.0 Å². The van der Waals surface area contributed by atoms with Crippen molar-refractivity contribution in [2.24, 2.45) is 11.7 Å². The Morgan fingerprint density at radius 3 is 2.28 bits per heavy atom. The fraction of sp³-hybridized carbons (Fsp3) is 0.500. The van der Waals surface area contributed by atoms with Gasteiger partial charge in [-0.15, -0.1) is 0 Å². The monoisotopic (exact) mass is 459 g/mol. The molecule has 0 atom stereocenters. The average molecular weight is 460 g/mol. The Hall–Kier alpha value is -2.67. The molecule has 1 aliphatic carbocycles. The highest BCUT2D eigenvalue weighted by atomic mass is 35.5. The third-order valence-electron chi connectivity index (χ3n) is 5.39. The van der Waals surface area contributed by atoms with E-state index in [1.54, 1.807) is 19.1 Å². The van der Waals surface area contributed by atoms with Crippen molar-refractivity contribution in [1.29, 1.82) is 0 Å². The number of nitrogens with two attached hydrogens (primary N) is 1. The number of hydrogen-bond donors (Lipinski definition) is 1. The van der Waals surface area contributed by atoms with Gasteiger partial charge in [0, 0.05) is 5.56 Å². The number of halogens is 1. The number of amides is 1. The Kier molecular flexibility index (Phi) is 7.08. The molecule has 1 aliphatic rings. The molecule has 1 amide bonds. The highest BCUT2D eigenvalue weighted by Gasteiger charge is 2.31. The molecule has 32 heavy (non-hydrogen) atoms. The third kappa shape index (κ3) is 5.76. The van der Waals surface area contributed by atoms with Crippen LogP contribution in [0.4, 0.5) is 0 Å². The van der Waals surface area contributed by atoms with Crippen molar-refractivity contribution in [1.82, 2.24) is 9.97 Å². The van der Waals surface area contributed by atoms with E-state index < -0.39 is 11.5 Å². The molecule has 0 radical (unpaired) electrons. The molecule has 1 aromatic heterocycles. The zero-order valence-corrected chi connectivity index (χ0v) is 20.0. The SMILES string of the molecule is Cc1nc(C)c(-c2ccc(O[C@H]3CC[C@H](C(=O)OC(C)(C)C)CC3)c(Cl)c2)nc1C(N)=O. The summed E-state index contributed by atoms with van der Waals surface area (Å²) in [7, 11) is 0. The molecule has 2 N–H and O–H groups in total. The first-order valence-corrected chi connectivity index (χ1v) is 11.2. The number of carbonyl (C=O) groups excluding carboxylic acids is 2. The van der Waals surface area contributed by atoms with Gasteiger partial charge in [0.15, 0.2) is 0 Å². The van der Waals surface area contributed by atoms with Crippen LogP contribution in [0, 0.1) is 19.8 Å². The Labute approximate surface area is 193 Å². The van der Waals surface area contributed by atoms with Crippen LogP contribution in [-0.2, 0) is 9.53 Å². The summed E-state index contributed by atoms with van der Waals surface area (Å²) in [6.07, 6.45) is 2.95. The van der Waals surface area contributed by atoms with Gasteiger partial charge >= 0.3 is 5.97 Å². The van der Waals surface area contributed by atoms with Crippen molar-refractivity contribution in [3.63, 3.8) is 0 Å². The molecule has 0 aliphatic heterocycles. The summed E-state index contributed by atoms with van der Waals surface area (Å²) in [6, 6.07) is 5.38. The van der Waals surface area contributed by atoms with Crippen molar-refractivity contribution in [3.8, 4) is 17.0 Å². The van der Waals surface area contributed by atoms with E-state index in [2.05, 4.69) is 9.97 Å².